The molecule has 3 heterocycles. The summed E-state index contributed by atoms with van der Waals surface area (Å²) >= 11 is 0. The van der Waals surface area contributed by atoms with Crippen LogP contribution in [0.3, 0.4) is 0 Å². The molecule has 0 unspecified atom stereocenters. The number of nitrogens with two attached hydrogens (primary N) is 1. The van der Waals surface area contributed by atoms with Crippen LogP contribution in [0.5, 0.6) is 5.75 Å². The average Bonchev–Trinajstić information content (AvgIpc) is 3.50. The molecule has 172 valence electrons. The molecule has 0 spiro atoms. The summed E-state index contributed by atoms with van der Waals surface area (Å²) in [6.07, 6.45) is 1.82. The molecule has 0 fully saturated rings. The van der Waals surface area contributed by atoms with Crippen LogP contribution in [0.15, 0.2) is 91.1 Å². The molecular formula is C28H24N6O. The molecule has 7 heteroatoms. The molecule has 6 aromatic rings. The zero-order valence-corrected chi connectivity index (χ0v) is 19.0. The smallest absolute Gasteiger partial charge is 0.153 e. The number of hydrogen-bond acceptors (Lipinski definition) is 5. The van der Waals surface area contributed by atoms with Crippen LogP contribution >= 0.6 is 0 Å². The standard InChI is InChI=1S/C28H24N6O/c29-27-24-14-18(10-11-26(24)33-34-27)22-12-13-30-28-23(22)15-20(32-28)16-31-25-9-5-4-6-19(25)17-35-21-7-2-1-3-8-21/h1-15,31H,16-17H2,(H,30,32)(H3,29,33,34). The summed E-state index contributed by atoms with van der Waals surface area (Å²) in [5.41, 5.74) is 13.1. The second kappa shape index (κ2) is 8.87. The first-order chi connectivity index (χ1) is 17.2. The number of nitrogens with one attached hydrogen (secondary N) is 3. The van der Waals surface area contributed by atoms with Crippen LogP contribution in [-0.4, -0.2) is 20.2 Å². The van der Waals surface area contributed by atoms with Crippen LogP contribution in [0.1, 0.15) is 11.3 Å². The molecule has 5 N–H and O–H groups in total. The molecule has 0 aliphatic carbocycles. The highest BCUT2D eigenvalue weighted by Crippen LogP contribution is 2.31. The van der Waals surface area contributed by atoms with Crippen molar-refractivity contribution in [2.45, 2.75) is 13.2 Å². The number of pyridine rings is 1. The summed E-state index contributed by atoms with van der Waals surface area (Å²) in [5.74, 6) is 1.35. The zero-order valence-electron chi connectivity index (χ0n) is 19.0. The minimum atomic E-state index is 0.491. The molecule has 35 heavy (non-hydrogen) atoms. The number of benzene rings is 3. The Bertz CT molecular complexity index is 1620. The van der Waals surface area contributed by atoms with Crippen molar-refractivity contribution in [3.63, 3.8) is 0 Å². The number of rotatable bonds is 7. The van der Waals surface area contributed by atoms with Crippen molar-refractivity contribution in [2.24, 2.45) is 0 Å². The third kappa shape index (κ3) is 4.15. The molecule has 3 aromatic carbocycles. The van der Waals surface area contributed by atoms with Crippen molar-refractivity contribution in [1.82, 2.24) is 20.2 Å². The largest absolute Gasteiger partial charge is 0.489 e. The van der Waals surface area contributed by atoms with Crippen LogP contribution in [0.4, 0.5) is 11.5 Å². The summed E-state index contributed by atoms with van der Waals surface area (Å²) in [6, 6.07) is 28.4. The van der Waals surface area contributed by atoms with Crippen molar-refractivity contribution >= 4 is 33.4 Å². The van der Waals surface area contributed by atoms with E-state index in [0.29, 0.717) is 19.0 Å². The fraction of sp³-hybridized carbons (Fsp3) is 0.0714. The maximum atomic E-state index is 6.02. The molecule has 0 bridgehead atoms. The predicted octanol–water partition coefficient (Wildman–Crippen LogP) is 5.88. The summed E-state index contributed by atoms with van der Waals surface area (Å²) < 4.78 is 5.96. The topological polar surface area (TPSA) is 105 Å². The highest BCUT2D eigenvalue weighted by molar-refractivity contribution is 5.98. The van der Waals surface area contributed by atoms with Gasteiger partial charge in [-0.1, -0.05) is 42.5 Å². The number of aromatic nitrogens is 4. The van der Waals surface area contributed by atoms with Gasteiger partial charge in [0, 0.05) is 33.9 Å². The van der Waals surface area contributed by atoms with Gasteiger partial charge >= 0.3 is 0 Å². The van der Waals surface area contributed by atoms with Crippen molar-refractivity contribution in [1.29, 1.82) is 0 Å². The molecule has 0 aliphatic heterocycles. The fourth-order valence-corrected chi connectivity index (χ4v) is 4.32. The lowest BCUT2D eigenvalue weighted by molar-refractivity contribution is 0.307. The van der Waals surface area contributed by atoms with Gasteiger partial charge in [0.2, 0.25) is 0 Å². The predicted molar refractivity (Wildman–Crippen MR) is 140 cm³/mol. The third-order valence-corrected chi connectivity index (χ3v) is 6.12. The van der Waals surface area contributed by atoms with Crippen LogP contribution in [0.25, 0.3) is 33.1 Å². The SMILES string of the molecule is Nc1n[nH]c2ccc(-c3ccnc4[nH]c(CNc5ccccc5COc5ccccc5)cc34)cc12. The second-order valence-electron chi connectivity index (χ2n) is 8.40. The van der Waals surface area contributed by atoms with E-state index in [0.717, 1.165) is 55.8 Å². The van der Waals surface area contributed by atoms with E-state index in [2.05, 4.69) is 55.8 Å². The number of aromatic amines is 2. The Hall–Kier alpha value is -4.78. The first-order valence-electron chi connectivity index (χ1n) is 11.4. The lowest BCUT2D eigenvalue weighted by Gasteiger charge is -2.12. The number of ether oxygens (including phenoxy) is 1. The van der Waals surface area contributed by atoms with Gasteiger partial charge in [-0.25, -0.2) is 4.98 Å². The quantitative estimate of drug-likeness (QED) is 0.238. The van der Waals surface area contributed by atoms with E-state index in [4.69, 9.17) is 10.5 Å². The number of fused-ring (bicyclic) bond motifs is 2. The summed E-state index contributed by atoms with van der Waals surface area (Å²) in [6.45, 7) is 1.12. The van der Waals surface area contributed by atoms with E-state index in [1.165, 1.54) is 0 Å². The highest BCUT2D eigenvalue weighted by Gasteiger charge is 2.11. The number of nitrogens with zero attached hydrogens (tertiary/aromatic N) is 2. The highest BCUT2D eigenvalue weighted by atomic mass is 16.5. The first kappa shape index (κ1) is 20.8. The van der Waals surface area contributed by atoms with E-state index < -0.39 is 0 Å². The minimum Gasteiger partial charge on any atom is -0.489 e. The molecule has 0 saturated heterocycles. The zero-order chi connectivity index (χ0) is 23.6. The third-order valence-electron chi connectivity index (χ3n) is 6.12. The van der Waals surface area contributed by atoms with Gasteiger partial charge in [-0.15, -0.1) is 0 Å². The number of anilines is 2. The molecule has 0 amide bonds. The summed E-state index contributed by atoms with van der Waals surface area (Å²) in [7, 11) is 0. The van der Waals surface area contributed by atoms with Crippen molar-refractivity contribution in [2.75, 3.05) is 11.1 Å². The van der Waals surface area contributed by atoms with E-state index in [1.807, 2.05) is 60.8 Å². The Morgan fingerprint density at radius 3 is 2.66 bits per heavy atom. The number of para-hydroxylation sites is 2. The molecule has 0 saturated carbocycles. The van der Waals surface area contributed by atoms with Gasteiger partial charge < -0.3 is 20.8 Å². The summed E-state index contributed by atoms with van der Waals surface area (Å²) in [4.78, 5) is 8.00. The van der Waals surface area contributed by atoms with Gasteiger partial charge in [0.15, 0.2) is 5.82 Å². The number of H-pyrrole nitrogens is 2. The maximum Gasteiger partial charge on any atom is 0.153 e. The average molecular weight is 461 g/mol. The van der Waals surface area contributed by atoms with E-state index in [1.54, 1.807) is 0 Å². The van der Waals surface area contributed by atoms with Crippen LogP contribution in [-0.2, 0) is 13.2 Å². The monoisotopic (exact) mass is 460 g/mol. The van der Waals surface area contributed by atoms with Gasteiger partial charge in [0.25, 0.3) is 0 Å². The molecule has 7 nitrogen and oxygen atoms in total. The second-order valence-corrected chi connectivity index (χ2v) is 8.40. The van der Waals surface area contributed by atoms with Crippen molar-refractivity contribution in [3.8, 4) is 16.9 Å². The van der Waals surface area contributed by atoms with Crippen LogP contribution in [0, 0.1) is 0 Å². The molecule has 6 rings (SSSR count). The van der Waals surface area contributed by atoms with Crippen LogP contribution < -0.4 is 15.8 Å². The molecule has 0 radical (unpaired) electrons. The van der Waals surface area contributed by atoms with E-state index >= 15 is 0 Å². The Morgan fingerprint density at radius 1 is 0.886 bits per heavy atom. The first-order valence-corrected chi connectivity index (χ1v) is 11.4. The molecular weight excluding hydrogens is 436 g/mol. The molecule has 0 aliphatic rings. The van der Waals surface area contributed by atoms with Gasteiger partial charge in [-0.05, 0) is 53.6 Å². The van der Waals surface area contributed by atoms with Crippen molar-refractivity contribution in [3.05, 3.63) is 102 Å². The van der Waals surface area contributed by atoms with Crippen molar-refractivity contribution < 1.29 is 4.74 Å². The lowest BCUT2D eigenvalue weighted by Crippen LogP contribution is -2.05. The Morgan fingerprint density at radius 2 is 1.74 bits per heavy atom. The van der Waals surface area contributed by atoms with Gasteiger partial charge in [0.1, 0.15) is 18.0 Å². The normalized spacial score (nSPS) is 11.2. The molecule has 3 aromatic heterocycles. The Balaban J connectivity index is 1.24. The van der Waals surface area contributed by atoms with E-state index in [9.17, 15) is 0 Å². The van der Waals surface area contributed by atoms with Crippen LogP contribution in [0.2, 0.25) is 0 Å². The maximum absolute atomic E-state index is 6.02. The van der Waals surface area contributed by atoms with Gasteiger partial charge in [-0.2, -0.15) is 5.10 Å². The van der Waals surface area contributed by atoms with Gasteiger partial charge in [-0.3, -0.25) is 5.10 Å². The van der Waals surface area contributed by atoms with E-state index in [-0.39, 0.29) is 0 Å². The van der Waals surface area contributed by atoms with Gasteiger partial charge in [0.05, 0.1) is 12.1 Å². The Kier molecular flexibility index (Phi) is 5.27. The lowest BCUT2D eigenvalue weighted by atomic mass is 10.0. The number of hydrogen-bond donors (Lipinski definition) is 4. The Labute approximate surface area is 202 Å². The molecule has 0 atom stereocenters. The summed E-state index contributed by atoms with van der Waals surface area (Å²) in [5, 5.41) is 12.6. The minimum absolute atomic E-state index is 0.491. The number of nitrogen functional groups attached to an aromatic ring is 1. The fourth-order valence-electron chi connectivity index (χ4n) is 4.32.